The van der Waals surface area contributed by atoms with E-state index >= 15 is 0 Å². The second-order valence-electron chi connectivity index (χ2n) is 4.50. The van der Waals surface area contributed by atoms with Gasteiger partial charge in [0.15, 0.2) is 0 Å². The first-order chi connectivity index (χ1) is 8.42. The maximum absolute atomic E-state index is 14.0. The fourth-order valence-corrected chi connectivity index (χ4v) is 2.95. The summed E-state index contributed by atoms with van der Waals surface area (Å²) in [4.78, 5) is 10.7. The van der Waals surface area contributed by atoms with Gasteiger partial charge >= 0.3 is 13.3 Å². The zero-order valence-electron chi connectivity index (χ0n) is 11.5. The van der Waals surface area contributed by atoms with E-state index in [1.165, 1.54) is 27.7 Å². The lowest BCUT2D eigenvalue weighted by molar-refractivity contribution is -0.131. The van der Waals surface area contributed by atoms with Crippen molar-refractivity contribution in [2.75, 3.05) is 0 Å². The molecule has 0 spiro atoms. The van der Waals surface area contributed by atoms with Gasteiger partial charge in [-0.15, -0.1) is 0 Å². The summed E-state index contributed by atoms with van der Waals surface area (Å²) in [5.74, 6) is -0.896. The average Bonchev–Trinajstić information content (AvgIpc) is 2.12. The Bertz CT molecular complexity index is 348. The minimum atomic E-state index is -4.94. The minimum absolute atomic E-state index is 0.806. The zero-order chi connectivity index (χ0) is 15.4. The van der Waals surface area contributed by atoms with Crippen LogP contribution < -0.4 is 5.32 Å². The molecule has 114 valence electrons. The summed E-state index contributed by atoms with van der Waals surface area (Å²) in [6, 6.07) is 0. The van der Waals surface area contributed by atoms with Gasteiger partial charge in [0, 0.05) is 6.92 Å². The highest BCUT2D eigenvalue weighted by Gasteiger charge is 2.60. The lowest BCUT2D eigenvalue weighted by Gasteiger charge is -2.31. The molecule has 0 saturated heterocycles. The van der Waals surface area contributed by atoms with Crippen molar-refractivity contribution < 1.29 is 32.3 Å². The third-order valence-corrected chi connectivity index (χ3v) is 4.11. The van der Waals surface area contributed by atoms with Gasteiger partial charge in [0.2, 0.25) is 12.1 Å². The number of hydrogen-bond acceptors (Lipinski definition) is 5. The first-order valence-corrected chi connectivity index (χ1v) is 7.26. The molecule has 0 aromatic rings. The van der Waals surface area contributed by atoms with E-state index in [9.17, 15) is 23.2 Å². The first-order valence-electron chi connectivity index (χ1n) is 5.72. The van der Waals surface area contributed by atoms with Crippen molar-refractivity contribution in [2.45, 2.75) is 58.7 Å². The maximum Gasteiger partial charge on any atom is 0.405 e. The fraction of sp³-hybridized carbons (Fsp3) is 0.900. The summed E-state index contributed by atoms with van der Waals surface area (Å²) in [7, 11) is -4.94. The molecule has 1 amide bonds. The lowest BCUT2D eigenvalue weighted by atomic mass is 10.5. The first kappa shape index (κ1) is 18.4. The molecule has 2 N–H and O–H groups in total. The molecule has 0 bridgehead atoms. The summed E-state index contributed by atoms with van der Waals surface area (Å²) >= 11 is 0. The average molecular weight is 303 g/mol. The van der Waals surface area contributed by atoms with Crippen molar-refractivity contribution in [1.82, 2.24) is 5.32 Å². The third kappa shape index (κ3) is 5.14. The Balaban J connectivity index is 5.32. The molecule has 1 atom stereocenters. The standard InChI is InChI=1S/C10H20F2NO5P/c1-6(2)17-19(16,18-7(3)4)10(11,12)9(15)13-8(5)14/h6-7,9,15H,1-5H3,(H,13,14). The minimum Gasteiger partial charge on any atom is -0.368 e. The van der Waals surface area contributed by atoms with Gasteiger partial charge in [-0.25, -0.2) is 0 Å². The smallest absolute Gasteiger partial charge is 0.368 e. The summed E-state index contributed by atoms with van der Waals surface area (Å²) in [6.45, 7) is 6.54. The van der Waals surface area contributed by atoms with Gasteiger partial charge in [0.1, 0.15) is 0 Å². The van der Waals surface area contributed by atoms with Gasteiger partial charge in [-0.3, -0.25) is 9.36 Å². The molecule has 0 aliphatic heterocycles. The van der Waals surface area contributed by atoms with Crippen molar-refractivity contribution in [3.8, 4) is 0 Å². The number of aliphatic hydroxyl groups is 1. The number of rotatable bonds is 7. The molecule has 0 saturated carbocycles. The van der Waals surface area contributed by atoms with Crippen LogP contribution in [0.25, 0.3) is 0 Å². The van der Waals surface area contributed by atoms with E-state index in [4.69, 9.17) is 0 Å². The molecular weight excluding hydrogens is 283 g/mol. The quantitative estimate of drug-likeness (QED) is 0.555. The summed E-state index contributed by atoms with van der Waals surface area (Å²) < 4.78 is 49.5. The molecular formula is C10H20F2NO5P. The van der Waals surface area contributed by atoms with Crippen LogP contribution in [-0.2, 0) is 18.4 Å². The Morgan fingerprint density at radius 3 is 1.84 bits per heavy atom. The number of carbonyl (C=O) groups excluding carboxylic acids is 1. The van der Waals surface area contributed by atoms with E-state index in [2.05, 4.69) is 9.05 Å². The third-order valence-electron chi connectivity index (χ3n) is 1.73. The number of nitrogens with one attached hydrogen (secondary N) is 1. The predicted molar refractivity (Wildman–Crippen MR) is 64.8 cm³/mol. The van der Waals surface area contributed by atoms with Crippen molar-refractivity contribution in [3.63, 3.8) is 0 Å². The Morgan fingerprint density at radius 2 is 1.58 bits per heavy atom. The monoisotopic (exact) mass is 303 g/mol. The number of amides is 1. The van der Waals surface area contributed by atoms with Crippen LogP contribution in [0.15, 0.2) is 0 Å². The van der Waals surface area contributed by atoms with Gasteiger partial charge in [0.05, 0.1) is 12.2 Å². The van der Waals surface area contributed by atoms with E-state index in [1.54, 1.807) is 5.32 Å². The molecule has 1 unspecified atom stereocenters. The molecule has 0 rings (SSSR count). The van der Waals surface area contributed by atoms with Crippen molar-refractivity contribution >= 4 is 13.5 Å². The second-order valence-corrected chi connectivity index (χ2v) is 6.51. The van der Waals surface area contributed by atoms with E-state index < -0.39 is 37.6 Å². The number of hydrogen-bond donors (Lipinski definition) is 2. The van der Waals surface area contributed by atoms with Crippen LogP contribution in [0, 0.1) is 0 Å². The van der Waals surface area contributed by atoms with Crippen molar-refractivity contribution in [3.05, 3.63) is 0 Å². The summed E-state index contributed by atoms with van der Waals surface area (Å²) in [5, 5.41) is 10.9. The van der Waals surface area contributed by atoms with Gasteiger partial charge in [-0.1, -0.05) is 0 Å². The fourth-order valence-electron chi connectivity index (χ4n) is 1.15. The summed E-state index contributed by atoms with van der Waals surface area (Å²) in [6.07, 6.45) is -4.27. The van der Waals surface area contributed by atoms with E-state index in [1.807, 2.05) is 0 Å². The number of halogens is 2. The second kappa shape index (κ2) is 6.74. The molecule has 9 heteroatoms. The van der Waals surface area contributed by atoms with Crippen LogP contribution in [0.3, 0.4) is 0 Å². The highest BCUT2D eigenvalue weighted by molar-refractivity contribution is 7.55. The van der Waals surface area contributed by atoms with Crippen LogP contribution in [-0.4, -0.2) is 35.1 Å². The van der Waals surface area contributed by atoms with Crippen molar-refractivity contribution in [2.24, 2.45) is 0 Å². The zero-order valence-corrected chi connectivity index (χ0v) is 12.4. The van der Waals surface area contributed by atoms with Crippen LogP contribution in [0.2, 0.25) is 0 Å². The number of alkyl halides is 2. The maximum atomic E-state index is 14.0. The van der Waals surface area contributed by atoms with Crippen LogP contribution >= 0.6 is 7.60 Å². The van der Waals surface area contributed by atoms with Crippen LogP contribution in [0.1, 0.15) is 34.6 Å². The SMILES string of the molecule is CC(=O)NC(O)C(F)(F)P(=O)(OC(C)C)OC(C)C. The number of carbonyl (C=O) groups is 1. The molecule has 0 heterocycles. The molecule has 0 aromatic carbocycles. The van der Waals surface area contributed by atoms with Crippen molar-refractivity contribution in [1.29, 1.82) is 0 Å². The Hall–Kier alpha value is -0.560. The predicted octanol–water partition coefficient (Wildman–Crippen LogP) is 2.08. The van der Waals surface area contributed by atoms with Gasteiger partial charge < -0.3 is 19.5 Å². The largest absolute Gasteiger partial charge is 0.405 e. The highest BCUT2D eigenvalue weighted by Crippen LogP contribution is 2.64. The molecule has 0 radical (unpaired) electrons. The topological polar surface area (TPSA) is 84.9 Å². The highest BCUT2D eigenvalue weighted by atomic mass is 31.2. The van der Waals surface area contributed by atoms with Gasteiger partial charge in [-0.2, -0.15) is 8.78 Å². The molecule has 0 aromatic heterocycles. The molecule has 0 aliphatic rings. The van der Waals surface area contributed by atoms with E-state index in [-0.39, 0.29) is 0 Å². The van der Waals surface area contributed by atoms with Crippen LogP contribution in [0.5, 0.6) is 0 Å². The molecule has 0 fully saturated rings. The Morgan fingerprint density at radius 1 is 1.21 bits per heavy atom. The summed E-state index contributed by atoms with van der Waals surface area (Å²) in [5.41, 5.74) is -4.26. The molecule has 19 heavy (non-hydrogen) atoms. The molecule has 6 nitrogen and oxygen atoms in total. The normalized spacial score (nSPS) is 14.8. The molecule has 0 aliphatic carbocycles. The van der Waals surface area contributed by atoms with Gasteiger partial charge in [0.25, 0.3) is 0 Å². The van der Waals surface area contributed by atoms with Gasteiger partial charge in [-0.05, 0) is 27.7 Å². The number of aliphatic hydroxyl groups excluding tert-OH is 1. The Labute approximate surface area is 111 Å². The van der Waals surface area contributed by atoms with E-state index in [0.29, 0.717) is 0 Å². The van der Waals surface area contributed by atoms with Crippen LogP contribution in [0.4, 0.5) is 8.78 Å². The Kier molecular flexibility index (Phi) is 6.54. The van der Waals surface area contributed by atoms with E-state index in [0.717, 1.165) is 6.92 Å². The lowest BCUT2D eigenvalue weighted by Crippen LogP contribution is -2.47.